The maximum atomic E-state index is 12.2. The van der Waals surface area contributed by atoms with E-state index >= 15 is 0 Å². The van der Waals surface area contributed by atoms with Crippen molar-refractivity contribution in [2.45, 2.75) is 6.42 Å². The van der Waals surface area contributed by atoms with E-state index in [1.54, 1.807) is 24.4 Å². The quantitative estimate of drug-likeness (QED) is 0.716. The van der Waals surface area contributed by atoms with Gasteiger partial charge < -0.3 is 10.6 Å². The lowest BCUT2D eigenvalue weighted by Gasteiger charge is -2.09. The van der Waals surface area contributed by atoms with Crippen molar-refractivity contribution in [3.05, 3.63) is 89.7 Å². The van der Waals surface area contributed by atoms with E-state index in [0.717, 1.165) is 6.42 Å². The first-order valence-electron chi connectivity index (χ1n) is 8.30. The van der Waals surface area contributed by atoms with Gasteiger partial charge in [0.15, 0.2) is 0 Å². The highest BCUT2D eigenvalue weighted by molar-refractivity contribution is 5.92. The van der Waals surface area contributed by atoms with Gasteiger partial charge in [0.25, 0.3) is 5.91 Å². The predicted octanol–water partition coefficient (Wildman–Crippen LogP) is 3.67. The molecular weight excluding hydrogens is 324 g/mol. The SMILES string of the molecule is N#Cc1ccccc1Nc1ccc(C(=O)NCCc2ccccc2)nc1. The molecule has 1 amide bonds. The van der Waals surface area contributed by atoms with E-state index in [4.69, 9.17) is 5.26 Å². The fourth-order valence-electron chi connectivity index (χ4n) is 2.50. The Morgan fingerprint density at radius 2 is 1.77 bits per heavy atom. The number of amides is 1. The highest BCUT2D eigenvalue weighted by atomic mass is 16.1. The maximum absolute atomic E-state index is 12.2. The van der Waals surface area contributed by atoms with Gasteiger partial charge in [0.05, 0.1) is 23.1 Å². The second-order valence-corrected chi connectivity index (χ2v) is 5.71. The van der Waals surface area contributed by atoms with Crippen LogP contribution in [0.2, 0.25) is 0 Å². The molecule has 26 heavy (non-hydrogen) atoms. The van der Waals surface area contributed by atoms with Gasteiger partial charge >= 0.3 is 0 Å². The van der Waals surface area contributed by atoms with Gasteiger partial charge in [0.1, 0.15) is 11.8 Å². The van der Waals surface area contributed by atoms with E-state index in [0.29, 0.717) is 29.2 Å². The summed E-state index contributed by atoms with van der Waals surface area (Å²) in [6, 6.07) is 22.8. The Hall–Kier alpha value is -3.65. The Labute approximate surface area is 152 Å². The lowest BCUT2D eigenvalue weighted by molar-refractivity contribution is 0.0949. The third-order valence-electron chi connectivity index (χ3n) is 3.86. The van der Waals surface area contributed by atoms with Crippen LogP contribution in [0.3, 0.4) is 0 Å². The monoisotopic (exact) mass is 342 g/mol. The molecule has 0 radical (unpaired) electrons. The van der Waals surface area contributed by atoms with Crippen LogP contribution >= 0.6 is 0 Å². The zero-order valence-corrected chi connectivity index (χ0v) is 14.1. The van der Waals surface area contributed by atoms with Gasteiger partial charge in [-0.3, -0.25) is 4.79 Å². The van der Waals surface area contributed by atoms with Crippen LogP contribution in [-0.2, 0) is 6.42 Å². The highest BCUT2D eigenvalue weighted by Crippen LogP contribution is 2.19. The number of nitrogens with one attached hydrogen (secondary N) is 2. The number of nitrogens with zero attached hydrogens (tertiary/aromatic N) is 2. The number of rotatable bonds is 6. The molecule has 128 valence electrons. The number of hydrogen-bond donors (Lipinski definition) is 2. The average Bonchev–Trinajstić information content (AvgIpc) is 2.70. The van der Waals surface area contributed by atoms with Gasteiger partial charge in [-0.15, -0.1) is 0 Å². The van der Waals surface area contributed by atoms with E-state index in [-0.39, 0.29) is 5.91 Å². The molecule has 0 unspecified atom stereocenters. The first-order valence-corrected chi connectivity index (χ1v) is 8.30. The van der Waals surface area contributed by atoms with Crippen LogP contribution in [0.4, 0.5) is 11.4 Å². The van der Waals surface area contributed by atoms with Crippen molar-refractivity contribution < 1.29 is 4.79 Å². The minimum absolute atomic E-state index is 0.204. The lowest BCUT2D eigenvalue weighted by Crippen LogP contribution is -2.26. The summed E-state index contributed by atoms with van der Waals surface area (Å²) in [5, 5.41) is 15.1. The van der Waals surface area contributed by atoms with Gasteiger partial charge in [-0.05, 0) is 36.2 Å². The molecule has 0 aliphatic heterocycles. The summed E-state index contributed by atoms with van der Waals surface area (Å²) in [6.07, 6.45) is 2.36. The number of nitriles is 1. The van der Waals surface area contributed by atoms with Crippen LogP contribution in [0.1, 0.15) is 21.6 Å². The zero-order chi connectivity index (χ0) is 18.2. The van der Waals surface area contributed by atoms with E-state index in [1.165, 1.54) is 5.56 Å². The smallest absolute Gasteiger partial charge is 0.269 e. The molecule has 5 heteroatoms. The summed E-state index contributed by atoms with van der Waals surface area (Å²) in [5.74, 6) is -0.204. The average molecular weight is 342 g/mol. The normalized spacial score (nSPS) is 9.96. The molecule has 0 aliphatic carbocycles. The van der Waals surface area contributed by atoms with Crippen molar-refractivity contribution in [2.75, 3.05) is 11.9 Å². The summed E-state index contributed by atoms with van der Waals surface area (Å²) < 4.78 is 0. The molecule has 1 aromatic heterocycles. The fourth-order valence-corrected chi connectivity index (χ4v) is 2.50. The van der Waals surface area contributed by atoms with E-state index < -0.39 is 0 Å². The molecule has 3 aromatic rings. The maximum Gasteiger partial charge on any atom is 0.269 e. The van der Waals surface area contributed by atoms with Crippen molar-refractivity contribution in [3.63, 3.8) is 0 Å². The number of benzene rings is 2. The fraction of sp³-hybridized carbons (Fsp3) is 0.0952. The lowest BCUT2D eigenvalue weighted by atomic mass is 10.1. The molecule has 0 aliphatic rings. The summed E-state index contributed by atoms with van der Waals surface area (Å²) in [5.41, 5.74) is 3.51. The van der Waals surface area contributed by atoms with Crippen molar-refractivity contribution in [2.24, 2.45) is 0 Å². The zero-order valence-electron chi connectivity index (χ0n) is 14.1. The Morgan fingerprint density at radius 1 is 1.00 bits per heavy atom. The molecule has 0 spiro atoms. The number of aromatic nitrogens is 1. The van der Waals surface area contributed by atoms with Crippen LogP contribution in [-0.4, -0.2) is 17.4 Å². The van der Waals surface area contributed by atoms with Crippen LogP contribution in [0.5, 0.6) is 0 Å². The van der Waals surface area contributed by atoms with E-state index in [2.05, 4.69) is 21.7 Å². The molecule has 0 saturated carbocycles. The number of hydrogen-bond acceptors (Lipinski definition) is 4. The molecule has 0 fully saturated rings. The number of pyridine rings is 1. The Balaban J connectivity index is 1.57. The van der Waals surface area contributed by atoms with Crippen LogP contribution < -0.4 is 10.6 Å². The van der Waals surface area contributed by atoms with Crippen molar-refractivity contribution in [1.29, 1.82) is 5.26 Å². The molecule has 5 nitrogen and oxygen atoms in total. The van der Waals surface area contributed by atoms with Gasteiger partial charge in [0, 0.05) is 6.54 Å². The number of anilines is 2. The molecular formula is C21H18N4O. The summed E-state index contributed by atoms with van der Waals surface area (Å²) >= 11 is 0. The minimum atomic E-state index is -0.204. The largest absolute Gasteiger partial charge is 0.353 e. The number of carbonyl (C=O) groups excluding carboxylic acids is 1. The van der Waals surface area contributed by atoms with Crippen molar-refractivity contribution >= 4 is 17.3 Å². The molecule has 1 heterocycles. The second kappa shape index (κ2) is 8.45. The van der Waals surface area contributed by atoms with E-state index in [1.807, 2.05) is 48.5 Å². The Morgan fingerprint density at radius 3 is 2.50 bits per heavy atom. The van der Waals surface area contributed by atoms with Crippen molar-refractivity contribution in [3.8, 4) is 6.07 Å². The number of para-hydroxylation sites is 1. The van der Waals surface area contributed by atoms with Crippen LogP contribution in [0, 0.1) is 11.3 Å². The third-order valence-corrected chi connectivity index (χ3v) is 3.86. The second-order valence-electron chi connectivity index (χ2n) is 5.71. The minimum Gasteiger partial charge on any atom is -0.353 e. The Bertz CT molecular complexity index is 915. The summed E-state index contributed by atoms with van der Waals surface area (Å²) in [4.78, 5) is 16.4. The van der Waals surface area contributed by atoms with Crippen LogP contribution in [0.25, 0.3) is 0 Å². The molecule has 2 aromatic carbocycles. The summed E-state index contributed by atoms with van der Waals surface area (Å²) in [6.45, 7) is 0.556. The summed E-state index contributed by atoms with van der Waals surface area (Å²) in [7, 11) is 0. The number of carbonyl (C=O) groups is 1. The van der Waals surface area contributed by atoms with Crippen LogP contribution in [0.15, 0.2) is 72.9 Å². The van der Waals surface area contributed by atoms with Gasteiger partial charge in [-0.1, -0.05) is 42.5 Å². The third kappa shape index (κ3) is 4.46. The molecule has 0 bridgehead atoms. The first-order chi connectivity index (χ1) is 12.8. The molecule has 2 N–H and O–H groups in total. The topological polar surface area (TPSA) is 77.8 Å². The van der Waals surface area contributed by atoms with Crippen molar-refractivity contribution in [1.82, 2.24) is 10.3 Å². The van der Waals surface area contributed by atoms with Gasteiger partial charge in [0.2, 0.25) is 0 Å². The first kappa shape index (κ1) is 17.2. The Kier molecular flexibility index (Phi) is 5.58. The predicted molar refractivity (Wildman–Crippen MR) is 101 cm³/mol. The van der Waals surface area contributed by atoms with Gasteiger partial charge in [-0.2, -0.15) is 5.26 Å². The highest BCUT2D eigenvalue weighted by Gasteiger charge is 2.07. The van der Waals surface area contributed by atoms with E-state index in [9.17, 15) is 4.79 Å². The standard InChI is InChI=1S/C21H18N4O/c22-14-17-8-4-5-9-19(17)25-18-10-11-20(24-15-18)21(26)23-13-12-16-6-2-1-3-7-16/h1-11,15,25H,12-13H2,(H,23,26). The molecule has 0 saturated heterocycles. The van der Waals surface area contributed by atoms with Gasteiger partial charge in [-0.25, -0.2) is 4.98 Å². The molecule has 0 atom stereocenters. The molecule has 3 rings (SSSR count).